The Labute approximate surface area is 147 Å². The lowest BCUT2D eigenvalue weighted by Gasteiger charge is -2.16. The molecule has 1 saturated heterocycles. The SMILES string of the molecule is CCOc1cc(-c2ccccc2)sc1C(=O)N1CCC(CNC)C1. The molecule has 1 aromatic carbocycles. The van der Waals surface area contributed by atoms with Crippen LogP contribution in [0.4, 0.5) is 0 Å². The van der Waals surface area contributed by atoms with E-state index in [0.717, 1.165) is 41.4 Å². The van der Waals surface area contributed by atoms with Crippen LogP contribution in [0, 0.1) is 5.92 Å². The summed E-state index contributed by atoms with van der Waals surface area (Å²) in [6.45, 7) is 5.13. The standard InChI is InChI=1S/C19H24N2O2S/c1-3-23-16-11-17(15-7-5-4-6-8-15)24-18(16)19(22)21-10-9-14(13-21)12-20-2/h4-8,11,14,20H,3,9-10,12-13H2,1-2H3. The van der Waals surface area contributed by atoms with Crippen molar-refractivity contribution in [2.75, 3.05) is 33.3 Å². The summed E-state index contributed by atoms with van der Waals surface area (Å²) in [6.07, 6.45) is 1.06. The maximum atomic E-state index is 13.0. The molecule has 1 aliphatic heterocycles. The van der Waals surface area contributed by atoms with E-state index in [0.29, 0.717) is 18.3 Å². The van der Waals surface area contributed by atoms with Gasteiger partial charge in [-0.2, -0.15) is 0 Å². The molecule has 5 heteroatoms. The third-order valence-corrected chi connectivity index (χ3v) is 5.47. The van der Waals surface area contributed by atoms with Crippen LogP contribution in [0.5, 0.6) is 5.75 Å². The Morgan fingerprint density at radius 2 is 2.17 bits per heavy atom. The molecule has 128 valence electrons. The maximum Gasteiger partial charge on any atom is 0.267 e. The largest absolute Gasteiger partial charge is 0.492 e. The van der Waals surface area contributed by atoms with Gasteiger partial charge in [0.1, 0.15) is 10.6 Å². The van der Waals surface area contributed by atoms with Crippen molar-refractivity contribution in [3.05, 3.63) is 41.3 Å². The van der Waals surface area contributed by atoms with Gasteiger partial charge in [-0.1, -0.05) is 30.3 Å². The van der Waals surface area contributed by atoms with Gasteiger partial charge in [0.25, 0.3) is 5.91 Å². The molecule has 1 amide bonds. The van der Waals surface area contributed by atoms with Crippen LogP contribution in [0.2, 0.25) is 0 Å². The van der Waals surface area contributed by atoms with Gasteiger partial charge < -0.3 is 15.0 Å². The van der Waals surface area contributed by atoms with E-state index in [1.165, 1.54) is 11.3 Å². The van der Waals surface area contributed by atoms with Crippen molar-refractivity contribution < 1.29 is 9.53 Å². The zero-order valence-corrected chi connectivity index (χ0v) is 15.1. The second-order valence-corrected chi connectivity index (χ2v) is 7.12. The first-order valence-electron chi connectivity index (χ1n) is 8.48. The van der Waals surface area contributed by atoms with E-state index < -0.39 is 0 Å². The van der Waals surface area contributed by atoms with Crippen LogP contribution in [-0.4, -0.2) is 44.1 Å². The molecule has 0 spiro atoms. The van der Waals surface area contributed by atoms with E-state index in [4.69, 9.17) is 4.74 Å². The predicted octanol–water partition coefficient (Wildman–Crippen LogP) is 3.50. The smallest absolute Gasteiger partial charge is 0.267 e. The average molecular weight is 344 g/mol. The fraction of sp³-hybridized carbons (Fsp3) is 0.421. The number of thiophene rings is 1. The van der Waals surface area contributed by atoms with Gasteiger partial charge in [0, 0.05) is 18.0 Å². The van der Waals surface area contributed by atoms with Crippen LogP contribution in [0.1, 0.15) is 23.0 Å². The lowest BCUT2D eigenvalue weighted by Crippen LogP contribution is -2.30. The molecule has 4 nitrogen and oxygen atoms in total. The number of likely N-dealkylation sites (tertiary alicyclic amines) is 1. The highest BCUT2D eigenvalue weighted by Crippen LogP contribution is 2.37. The van der Waals surface area contributed by atoms with Crippen LogP contribution in [0.25, 0.3) is 10.4 Å². The van der Waals surface area contributed by atoms with E-state index in [2.05, 4.69) is 17.4 Å². The van der Waals surface area contributed by atoms with Gasteiger partial charge in [0.2, 0.25) is 0 Å². The predicted molar refractivity (Wildman–Crippen MR) is 98.9 cm³/mol. The fourth-order valence-electron chi connectivity index (χ4n) is 3.15. The summed E-state index contributed by atoms with van der Waals surface area (Å²) in [4.78, 5) is 16.7. The molecular formula is C19H24N2O2S. The first-order valence-corrected chi connectivity index (χ1v) is 9.30. The van der Waals surface area contributed by atoms with Gasteiger partial charge in [0.05, 0.1) is 6.61 Å². The fourth-order valence-corrected chi connectivity index (χ4v) is 4.22. The van der Waals surface area contributed by atoms with Crippen molar-refractivity contribution in [2.45, 2.75) is 13.3 Å². The lowest BCUT2D eigenvalue weighted by molar-refractivity contribution is 0.0788. The maximum absolute atomic E-state index is 13.0. The molecule has 1 unspecified atom stereocenters. The molecule has 0 bridgehead atoms. The van der Waals surface area contributed by atoms with Crippen molar-refractivity contribution in [1.29, 1.82) is 0 Å². The summed E-state index contributed by atoms with van der Waals surface area (Å²) in [5.41, 5.74) is 1.12. The Morgan fingerprint density at radius 1 is 1.38 bits per heavy atom. The Bertz CT molecular complexity index is 684. The minimum absolute atomic E-state index is 0.101. The topological polar surface area (TPSA) is 41.6 Å². The number of carbonyl (C=O) groups is 1. The second-order valence-electron chi connectivity index (χ2n) is 6.07. The third-order valence-electron chi connectivity index (χ3n) is 4.32. The Hall–Kier alpha value is -1.85. The number of ether oxygens (including phenoxy) is 1. The van der Waals surface area contributed by atoms with E-state index in [-0.39, 0.29) is 5.91 Å². The molecule has 1 aliphatic rings. The molecule has 3 rings (SSSR count). The molecule has 2 aromatic rings. The molecule has 0 saturated carbocycles. The van der Waals surface area contributed by atoms with Crippen molar-refractivity contribution in [3.63, 3.8) is 0 Å². The quantitative estimate of drug-likeness (QED) is 0.872. The molecule has 0 radical (unpaired) electrons. The summed E-state index contributed by atoms with van der Waals surface area (Å²) in [6, 6.07) is 12.2. The third kappa shape index (κ3) is 3.62. The Kier molecular flexibility index (Phi) is 5.53. The zero-order valence-electron chi connectivity index (χ0n) is 14.2. The van der Waals surface area contributed by atoms with E-state index in [9.17, 15) is 4.79 Å². The summed E-state index contributed by atoms with van der Waals surface area (Å²) in [7, 11) is 1.96. The molecule has 0 aliphatic carbocycles. The monoisotopic (exact) mass is 344 g/mol. The van der Waals surface area contributed by atoms with Crippen LogP contribution < -0.4 is 10.1 Å². The van der Waals surface area contributed by atoms with Crippen molar-refractivity contribution in [3.8, 4) is 16.2 Å². The van der Waals surface area contributed by atoms with Crippen molar-refractivity contribution in [2.24, 2.45) is 5.92 Å². The Morgan fingerprint density at radius 3 is 2.88 bits per heavy atom. The molecule has 1 atom stereocenters. The highest BCUT2D eigenvalue weighted by atomic mass is 32.1. The first-order chi connectivity index (χ1) is 11.7. The summed E-state index contributed by atoms with van der Waals surface area (Å²) in [5, 5.41) is 3.21. The highest BCUT2D eigenvalue weighted by Gasteiger charge is 2.29. The number of amides is 1. The number of nitrogens with zero attached hydrogens (tertiary/aromatic N) is 1. The second kappa shape index (κ2) is 7.81. The number of hydrogen-bond acceptors (Lipinski definition) is 4. The average Bonchev–Trinajstić information content (AvgIpc) is 3.23. The zero-order chi connectivity index (χ0) is 16.9. The molecule has 24 heavy (non-hydrogen) atoms. The van der Waals surface area contributed by atoms with Gasteiger partial charge in [-0.3, -0.25) is 4.79 Å². The first kappa shape index (κ1) is 17.0. The van der Waals surface area contributed by atoms with Gasteiger partial charge in [-0.25, -0.2) is 0 Å². The molecule has 1 aromatic heterocycles. The van der Waals surface area contributed by atoms with Crippen molar-refractivity contribution >= 4 is 17.2 Å². The Balaban J connectivity index is 1.84. The molecular weight excluding hydrogens is 320 g/mol. The number of carbonyl (C=O) groups excluding carboxylic acids is 1. The van der Waals surface area contributed by atoms with Crippen LogP contribution in [0.3, 0.4) is 0 Å². The number of rotatable bonds is 6. The van der Waals surface area contributed by atoms with Gasteiger partial charge in [0.15, 0.2) is 0 Å². The van der Waals surface area contributed by atoms with Gasteiger partial charge in [-0.15, -0.1) is 11.3 Å². The summed E-state index contributed by atoms with van der Waals surface area (Å²) < 4.78 is 5.74. The van der Waals surface area contributed by atoms with Crippen LogP contribution in [0.15, 0.2) is 36.4 Å². The molecule has 1 fully saturated rings. The summed E-state index contributed by atoms with van der Waals surface area (Å²) >= 11 is 1.53. The lowest BCUT2D eigenvalue weighted by atomic mass is 10.1. The summed E-state index contributed by atoms with van der Waals surface area (Å²) in [5.74, 6) is 1.36. The van der Waals surface area contributed by atoms with E-state index in [1.807, 2.05) is 43.1 Å². The van der Waals surface area contributed by atoms with Crippen molar-refractivity contribution in [1.82, 2.24) is 10.2 Å². The number of hydrogen-bond donors (Lipinski definition) is 1. The minimum atomic E-state index is 0.101. The van der Waals surface area contributed by atoms with Gasteiger partial charge in [-0.05, 0) is 44.5 Å². The van der Waals surface area contributed by atoms with Gasteiger partial charge >= 0.3 is 0 Å². The number of benzene rings is 1. The highest BCUT2D eigenvalue weighted by molar-refractivity contribution is 7.17. The normalized spacial score (nSPS) is 17.2. The molecule has 1 N–H and O–H groups in total. The minimum Gasteiger partial charge on any atom is -0.492 e. The number of nitrogens with one attached hydrogen (secondary N) is 1. The molecule has 2 heterocycles. The van der Waals surface area contributed by atoms with E-state index in [1.54, 1.807) is 0 Å². The van der Waals surface area contributed by atoms with Crippen LogP contribution in [-0.2, 0) is 0 Å². The van der Waals surface area contributed by atoms with Crippen LogP contribution >= 0.6 is 11.3 Å². The van der Waals surface area contributed by atoms with E-state index >= 15 is 0 Å².